The summed E-state index contributed by atoms with van der Waals surface area (Å²) in [6, 6.07) is 0. The molecule has 0 atom stereocenters. The van der Waals surface area contributed by atoms with Gasteiger partial charge in [0.2, 0.25) is 0 Å². The number of aromatic carboxylic acids is 1. The molecule has 3 rings (SSSR count). The summed E-state index contributed by atoms with van der Waals surface area (Å²) in [6.07, 6.45) is 8.74. The average Bonchev–Trinajstić information content (AvgIpc) is 3.07. The van der Waals surface area contributed by atoms with Crippen LogP contribution < -0.4 is 4.90 Å². The number of hydrogen-bond donors (Lipinski definition) is 1. The van der Waals surface area contributed by atoms with Crippen LogP contribution in [0.15, 0.2) is 0 Å². The minimum absolute atomic E-state index is 0.420. The molecule has 1 aromatic rings. The van der Waals surface area contributed by atoms with Crippen LogP contribution in [0.1, 0.15) is 60.8 Å². The topological polar surface area (TPSA) is 53.4 Å². The molecule has 2 aliphatic rings. The molecule has 4 nitrogen and oxygen atoms in total. The smallest absolute Gasteiger partial charge is 0.347 e. The number of carboxylic acids is 1. The largest absolute Gasteiger partial charge is 0.477 e. The normalized spacial score (nSPS) is 21.6. The van der Waals surface area contributed by atoms with Gasteiger partial charge >= 0.3 is 5.97 Å². The molecule has 0 amide bonds. The lowest BCUT2D eigenvalue weighted by molar-refractivity contribution is 0.0701. The van der Waals surface area contributed by atoms with Crippen molar-refractivity contribution in [1.29, 1.82) is 0 Å². The summed E-state index contributed by atoms with van der Waals surface area (Å²) in [5.74, 6) is -0.838. The lowest BCUT2D eigenvalue weighted by Gasteiger charge is -2.39. The Balaban J connectivity index is 1.73. The number of carboxylic acid groups (broad SMARTS) is 1. The van der Waals surface area contributed by atoms with E-state index in [1.807, 2.05) is 6.92 Å². The molecule has 1 aromatic heterocycles. The van der Waals surface area contributed by atoms with Crippen LogP contribution in [0.5, 0.6) is 0 Å². The second-order valence-electron chi connectivity index (χ2n) is 6.13. The van der Waals surface area contributed by atoms with Crippen molar-refractivity contribution >= 4 is 22.4 Å². The van der Waals surface area contributed by atoms with E-state index in [9.17, 15) is 9.90 Å². The van der Waals surface area contributed by atoms with Crippen LogP contribution in [0, 0.1) is 5.41 Å². The number of piperidine rings is 1. The van der Waals surface area contributed by atoms with E-state index in [0.717, 1.165) is 23.9 Å². The molecule has 1 saturated carbocycles. The minimum Gasteiger partial charge on any atom is -0.477 e. The van der Waals surface area contributed by atoms with Crippen molar-refractivity contribution in [2.75, 3.05) is 18.0 Å². The molecule has 110 valence electrons. The molecule has 20 heavy (non-hydrogen) atoms. The maximum absolute atomic E-state index is 11.2. The van der Waals surface area contributed by atoms with Gasteiger partial charge in [0, 0.05) is 13.1 Å². The van der Waals surface area contributed by atoms with Crippen molar-refractivity contribution in [3.63, 3.8) is 0 Å². The highest BCUT2D eigenvalue weighted by Crippen LogP contribution is 2.47. The molecule has 1 spiro atoms. The quantitative estimate of drug-likeness (QED) is 0.926. The highest BCUT2D eigenvalue weighted by molar-refractivity contribution is 7.17. The average molecular weight is 294 g/mol. The Hall–Kier alpha value is -1.10. The summed E-state index contributed by atoms with van der Waals surface area (Å²) in [7, 11) is 0. The van der Waals surface area contributed by atoms with Gasteiger partial charge in [-0.2, -0.15) is 0 Å². The fourth-order valence-electron chi connectivity index (χ4n) is 3.68. The summed E-state index contributed by atoms with van der Waals surface area (Å²) in [4.78, 5) is 18.5. The lowest BCUT2D eigenvalue weighted by atomic mass is 9.77. The molecule has 1 aliphatic heterocycles. The number of hydrogen-bond acceptors (Lipinski definition) is 4. The number of carbonyl (C=O) groups is 1. The highest BCUT2D eigenvalue weighted by Gasteiger charge is 2.37. The first-order chi connectivity index (χ1) is 9.63. The SMILES string of the molecule is CCc1nc(N2CCC3(CCCC3)CC2)sc1C(=O)O. The third-order valence-electron chi connectivity index (χ3n) is 4.97. The first kappa shape index (κ1) is 13.9. The molecule has 0 unspecified atom stereocenters. The van der Waals surface area contributed by atoms with Crippen LogP contribution in [0.2, 0.25) is 0 Å². The first-order valence-electron chi connectivity index (χ1n) is 7.61. The van der Waals surface area contributed by atoms with Crippen molar-refractivity contribution in [1.82, 2.24) is 4.98 Å². The van der Waals surface area contributed by atoms with Gasteiger partial charge in [-0.15, -0.1) is 0 Å². The van der Waals surface area contributed by atoms with E-state index in [2.05, 4.69) is 9.88 Å². The summed E-state index contributed by atoms with van der Waals surface area (Å²) >= 11 is 1.34. The van der Waals surface area contributed by atoms with Gasteiger partial charge in [-0.1, -0.05) is 31.1 Å². The number of aromatic nitrogens is 1. The first-order valence-corrected chi connectivity index (χ1v) is 8.43. The summed E-state index contributed by atoms with van der Waals surface area (Å²) in [5, 5.41) is 10.1. The fraction of sp³-hybridized carbons (Fsp3) is 0.733. The van der Waals surface area contributed by atoms with Crippen LogP contribution in [0.3, 0.4) is 0 Å². The third-order valence-corrected chi connectivity index (χ3v) is 6.12. The second kappa shape index (κ2) is 5.35. The number of anilines is 1. The zero-order valence-electron chi connectivity index (χ0n) is 12.0. The predicted molar refractivity (Wildman–Crippen MR) is 80.8 cm³/mol. The minimum atomic E-state index is -0.838. The Labute approximate surface area is 123 Å². The maximum atomic E-state index is 11.2. The predicted octanol–water partition coefficient (Wildman–Crippen LogP) is 3.56. The highest BCUT2D eigenvalue weighted by atomic mass is 32.1. The molecule has 0 aromatic carbocycles. The van der Waals surface area contributed by atoms with Gasteiger partial charge in [0.1, 0.15) is 4.88 Å². The molecule has 1 aliphatic carbocycles. The lowest BCUT2D eigenvalue weighted by Crippen LogP contribution is -2.38. The molecule has 1 saturated heterocycles. The Bertz CT molecular complexity index is 496. The van der Waals surface area contributed by atoms with Crippen LogP contribution in [0.25, 0.3) is 0 Å². The number of thiazole rings is 1. The second-order valence-corrected chi connectivity index (χ2v) is 7.10. The van der Waals surface area contributed by atoms with Crippen LogP contribution in [-0.4, -0.2) is 29.1 Å². The van der Waals surface area contributed by atoms with E-state index in [4.69, 9.17) is 0 Å². The van der Waals surface area contributed by atoms with Gasteiger partial charge in [-0.05, 0) is 37.5 Å². The molecule has 0 radical (unpaired) electrons. The Kier molecular flexibility index (Phi) is 3.71. The van der Waals surface area contributed by atoms with Gasteiger partial charge in [-0.3, -0.25) is 0 Å². The Morgan fingerprint density at radius 1 is 1.30 bits per heavy atom. The van der Waals surface area contributed by atoms with E-state index < -0.39 is 5.97 Å². The number of nitrogens with zero attached hydrogens (tertiary/aromatic N) is 2. The van der Waals surface area contributed by atoms with Crippen molar-refractivity contribution in [3.8, 4) is 0 Å². The summed E-state index contributed by atoms with van der Waals surface area (Å²) in [5.41, 5.74) is 1.33. The summed E-state index contributed by atoms with van der Waals surface area (Å²) < 4.78 is 0. The van der Waals surface area contributed by atoms with Crippen LogP contribution >= 0.6 is 11.3 Å². The molecule has 0 bridgehead atoms. The van der Waals surface area contributed by atoms with Gasteiger partial charge in [0.25, 0.3) is 0 Å². The number of aryl methyl sites for hydroxylation is 1. The van der Waals surface area contributed by atoms with Gasteiger partial charge in [0.05, 0.1) is 5.69 Å². The molecule has 2 heterocycles. The molecular formula is C15H22N2O2S. The van der Waals surface area contributed by atoms with Crippen molar-refractivity contribution in [3.05, 3.63) is 10.6 Å². The van der Waals surface area contributed by atoms with E-state index in [-0.39, 0.29) is 0 Å². The van der Waals surface area contributed by atoms with Gasteiger partial charge in [0.15, 0.2) is 5.13 Å². The molecule has 5 heteroatoms. The standard InChI is InChI=1S/C15H22N2O2S/c1-2-11-12(13(18)19)20-14(16-11)17-9-7-15(8-10-17)5-3-4-6-15/h2-10H2,1H3,(H,18,19). The third kappa shape index (κ3) is 2.43. The summed E-state index contributed by atoms with van der Waals surface area (Å²) in [6.45, 7) is 4.04. The monoisotopic (exact) mass is 294 g/mol. The number of rotatable bonds is 3. The molecule has 2 fully saturated rings. The van der Waals surface area contributed by atoms with Gasteiger partial charge < -0.3 is 10.0 Å². The zero-order valence-corrected chi connectivity index (χ0v) is 12.8. The molecule has 1 N–H and O–H groups in total. The van der Waals surface area contributed by atoms with Crippen LogP contribution in [0.4, 0.5) is 5.13 Å². The Morgan fingerprint density at radius 3 is 2.45 bits per heavy atom. The van der Waals surface area contributed by atoms with Crippen molar-refractivity contribution < 1.29 is 9.90 Å². The Morgan fingerprint density at radius 2 is 1.95 bits per heavy atom. The van der Waals surface area contributed by atoms with Crippen LogP contribution in [-0.2, 0) is 6.42 Å². The maximum Gasteiger partial charge on any atom is 0.347 e. The van der Waals surface area contributed by atoms with E-state index in [0.29, 0.717) is 16.7 Å². The molecular weight excluding hydrogens is 272 g/mol. The fourth-order valence-corrected chi connectivity index (χ4v) is 4.72. The van der Waals surface area contributed by atoms with Crippen molar-refractivity contribution in [2.24, 2.45) is 5.41 Å². The van der Waals surface area contributed by atoms with Gasteiger partial charge in [-0.25, -0.2) is 9.78 Å². The van der Waals surface area contributed by atoms with E-state index in [1.54, 1.807) is 0 Å². The van der Waals surface area contributed by atoms with Crippen molar-refractivity contribution in [2.45, 2.75) is 51.9 Å². The van der Waals surface area contributed by atoms with E-state index in [1.165, 1.54) is 49.9 Å². The van der Waals surface area contributed by atoms with E-state index >= 15 is 0 Å². The zero-order chi connectivity index (χ0) is 14.2.